The summed E-state index contributed by atoms with van der Waals surface area (Å²) in [4.78, 5) is 22.3. The van der Waals surface area contributed by atoms with E-state index in [4.69, 9.17) is 0 Å². The van der Waals surface area contributed by atoms with Crippen LogP contribution in [0.15, 0.2) is 18.2 Å². The molecule has 108 valence electrons. The number of hydrogen-bond acceptors (Lipinski definition) is 4. The van der Waals surface area contributed by atoms with Crippen LogP contribution in [0.4, 0.5) is 5.69 Å². The Balaban J connectivity index is 1.95. The molecule has 0 bridgehead atoms. The summed E-state index contributed by atoms with van der Waals surface area (Å²) in [6, 6.07) is 4.76. The molecule has 0 aromatic heterocycles. The Labute approximate surface area is 117 Å². The van der Waals surface area contributed by atoms with Gasteiger partial charge in [0.15, 0.2) is 0 Å². The molecule has 6 nitrogen and oxygen atoms in total. The Kier molecular flexibility index (Phi) is 4.68. The fourth-order valence-corrected chi connectivity index (χ4v) is 2.42. The van der Waals surface area contributed by atoms with Crippen LogP contribution < -0.4 is 10.6 Å². The Morgan fingerprint density at radius 1 is 1.50 bits per heavy atom. The highest BCUT2D eigenvalue weighted by Gasteiger charge is 2.16. The summed E-state index contributed by atoms with van der Waals surface area (Å²) < 4.78 is 0. The van der Waals surface area contributed by atoms with Crippen molar-refractivity contribution in [2.45, 2.75) is 32.2 Å². The number of nitrogens with zero attached hydrogens (tertiary/aromatic N) is 1. The minimum absolute atomic E-state index is 0.0375. The summed E-state index contributed by atoms with van der Waals surface area (Å²) in [7, 11) is 0. The fraction of sp³-hybridized carbons (Fsp3) is 0.500. The van der Waals surface area contributed by atoms with Crippen molar-refractivity contribution in [3.05, 3.63) is 39.4 Å². The molecule has 0 aliphatic carbocycles. The number of hydrogen-bond donors (Lipinski definition) is 2. The van der Waals surface area contributed by atoms with Gasteiger partial charge in [-0.05, 0) is 38.4 Å². The van der Waals surface area contributed by atoms with Crippen LogP contribution >= 0.6 is 0 Å². The van der Waals surface area contributed by atoms with Gasteiger partial charge in [-0.3, -0.25) is 14.9 Å². The number of aryl methyl sites for hydroxylation is 1. The van der Waals surface area contributed by atoms with Crippen molar-refractivity contribution < 1.29 is 9.72 Å². The van der Waals surface area contributed by atoms with Crippen molar-refractivity contribution in [2.24, 2.45) is 0 Å². The van der Waals surface area contributed by atoms with E-state index < -0.39 is 4.92 Å². The quantitative estimate of drug-likeness (QED) is 0.649. The molecule has 0 radical (unpaired) electrons. The topological polar surface area (TPSA) is 84.3 Å². The molecule has 1 heterocycles. The van der Waals surface area contributed by atoms with Gasteiger partial charge in [0, 0.05) is 29.8 Å². The van der Waals surface area contributed by atoms with Gasteiger partial charge in [0.1, 0.15) is 0 Å². The van der Waals surface area contributed by atoms with Crippen LogP contribution in [0.2, 0.25) is 0 Å². The first-order valence-electron chi connectivity index (χ1n) is 6.84. The van der Waals surface area contributed by atoms with E-state index in [1.165, 1.54) is 25.0 Å². The lowest BCUT2D eigenvalue weighted by Crippen LogP contribution is -2.43. The maximum absolute atomic E-state index is 12.0. The first-order valence-corrected chi connectivity index (χ1v) is 6.84. The first-order chi connectivity index (χ1) is 9.58. The molecule has 2 N–H and O–H groups in total. The number of amides is 1. The van der Waals surface area contributed by atoms with Gasteiger partial charge in [0.25, 0.3) is 11.6 Å². The largest absolute Gasteiger partial charge is 0.350 e. The normalized spacial score (nSPS) is 18.6. The molecular formula is C14H19N3O3. The average molecular weight is 277 g/mol. The third-order valence-electron chi connectivity index (χ3n) is 3.58. The van der Waals surface area contributed by atoms with Crippen molar-refractivity contribution in [2.75, 3.05) is 13.1 Å². The molecule has 20 heavy (non-hydrogen) atoms. The van der Waals surface area contributed by atoms with Crippen LogP contribution in [0.5, 0.6) is 0 Å². The van der Waals surface area contributed by atoms with Crippen LogP contribution in [0, 0.1) is 17.0 Å². The molecule has 1 aromatic carbocycles. The lowest BCUT2D eigenvalue weighted by molar-refractivity contribution is -0.385. The standard InChI is InChI=1S/C14H19N3O3/c1-10-8-11(5-6-13(10)17(19)20)14(18)16-9-12-4-2-3-7-15-12/h5-6,8,12,15H,2-4,7,9H2,1H3,(H,16,18). The minimum atomic E-state index is -0.442. The number of nitro benzene ring substituents is 1. The van der Waals surface area contributed by atoms with Crippen molar-refractivity contribution in [1.82, 2.24) is 10.6 Å². The molecule has 0 spiro atoms. The molecule has 1 saturated heterocycles. The Hall–Kier alpha value is -1.95. The highest BCUT2D eigenvalue weighted by atomic mass is 16.6. The number of carbonyl (C=O) groups excluding carboxylic acids is 1. The summed E-state index contributed by atoms with van der Waals surface area (Å²) in [5.41, 5.74) is 0.998. The maximum Gasteiger partial charge on any atom is 0.272 e. The molecule has 1 amide bonds. The zero-order valence-corrected chi connectivity index (χ0v) is 11.5. The smallest absolute Gasteiger partial charge is 0.272 e. The summed E-state index contributed by atoms with van der Waals surface area (Å²) in [6.45, 7) is 3.23. The van der Waals surface area contributed by atoms with E-state index in [1.54, 1.807) is 13.0 Å². The van der Waals surface area contributed by atoms with Gasteiger partial charge >= 0.3 is 0 Å². The van der Waals surface area contributed by atoms with Crippen LogP contribution in [-0.2, 0) is 0 Å². The summed E-state index contributed by atoms with van der Waals surface area (Å²) in [5.74, 6) is -0.185. The SMILES string of the molecule is Cc1cc(C(=O)NCC2CCCCN2)ccc1[N+](=O)[O-]. The van der Waals surface area contributed by atoms with E-state index in [0.29, 0.717) is 23.7 Å². The van der Waals surface area contributed by atoms with Crippen LogP contribution in [0.25, 0.3) is 0 Å². The minimum Gasteiger partial charge on any atom is -0.350 e. The van der Waals surface area contributed by atoms with Crippen LogP contribution in [-0.4, -0.2) is 30.0 Å². The number of nitro groups is 1. The highest BCUT2D eigenvalue weighted by molar-refractivity contribution is 5.94. The molecule has 0 saturated carbocycles. The Bertz CT molecular complexity index is 510. The van der Waals surface area contributed by atoms with Gasteiger partial charge in [-0.25, -0.2) is 0 Å². The van der Waals surface area contributed by atoms with Crippen LogP contribution in [0.3, 0.4) is 0 Å². The van der Waals surface area contributed by atoms with Crippen molar-refractivity contribution in [3.63, 3.8) is 0 Å². The number of piperidine rings is 1. The highest BCUT2D eigenvalue weighted by Crippen LogP contribution is 2.18. The average Bonchev–Trinajstić information content (AvgIpc) is 2.45. The molecule has 1 aliphatic heterocycles. The summed E-state index contributed by atoms with van der Waals surface area (Å²) in [6.07, 6.45) is 3.44. The molecule has 1 aromatic rings. The third kappa shape index (κ3) is 3.54. The second kappa shape index (κ2) is 6.47. The zero-order valence-electron chi connectivity index (χ0n) is 11.5. The van der Waals surface area contributed by atoms with E-state index in [-0.39, 0.29) is 11.6 Å². The molecule has 6 heteroatoms. The molecule has 1 unspecified atom stereocenters. The van der Waals surface area contributed by atoms with Crippen molar-refractivity contribution in [1.29, 1.82) is 0 Å². The van der Waals surface area contributed by atoms with Crippen LogP contribution in [0.1, 0.15) is 35.2 Å². The summed E-state index contributed by atoms with van der Waals surface area (Å²) in [5, 5.41) is 17.0. The predicted molar refractivity (Wildman–Crippen MR) is 75.8 cm³/mol. The second-order valence-corrected chi connectivity index (χ2v) is 5.12. The maximum atomic E-state index is 12.0. The molecule has 1 atom stereocenters. The van der Waals surface area contributed by atoms with Gasteiger partial charge in [-0.1, -0.05) is 6.42 Å². The molecule has 1 aliphatic rings. The lowest BCUT2D eigenvalue weighted by Gasteiger charge is -2.23. The molecule has 1 fully saturated rings. The fourth-order valence-electron chi connectivity index (χ4n) is 2.42. The van der Waals surface area contributed by atoms with E-state index in [2.05, 4.69) is 10.6 Å². The van der Waals surface area contributed by atoms with Gasteiger partial charge in [-0.2, -0.15) is 0 Å². The first kappa shape index (κ1) is 14.5. The monoisotopic (exact) mass is 277 g/mol. The summed E-state index contributed by atoms with van der Waals surface area (Å²) >= 11 is 0. The van der Waals surface area contributed by atoms with E-state index >= 15 is 0 Å². The Morgan fingerprint density at radius 2 is 2.30 bits per heavy atom. The van der Waals surface area contributed by atoms with Crippen molar-refractivity contribution >= 4 is 11.6 Å². The third-order valence-corrected chi connectivity index (χ3v) is 3.58. The lowest BCUT2D eigenvalue weighted by atomic mass is 10.0. The molecule has 2 rings (SSSR count). The van der Waals surface area contributed by atoms with Gasteiger partial charge in [-0.15, -0.1) is 0 Å². The van der Waals surface area contributed by atoms with Gasteiger partial charge in [0.2, 0.25) is 0 Å². The van der Waals surface area contributed by atoms with Crippen molar-refractivity contribution in [3.8, 4) is 0 Å². The van der Waals surface area contributed by atoms with Gasteiger partial charge < -0.3 is 10.6 Å². The van der Waals surface area contributed by atoms with E-state index in [9.17, 15) is 14.9 Å². The number of nitrogens with one attached hydrogen (secondary N) is 2. The zero-order chi connectivity index (χ0) is 14.5. The number of benzene rings is 1. The van der Waals surface area contributed by atoms with E-state index in [1.807, 2.05) is 0 Å². The predicted octanol–water partition coefficient (Wildman–Crippen LogP) is 1.78. The Morgan fingerprint density at radius 3 is 2.90 bits per heavy atom. The number of rotatable bonds is 4. The van der Waals surface area contributed by atoms with Gasteiger partial charge in [0.05, 0.1) is 4.92 Å². The molecular weight excluding hydrogens is 258 g/mol. The second-order valence-electron chi connectivity index (χ2n) is 5.12. The van der Waals surface area contributed by atoms with E-state index in [0.717, 1.165) is 13.0 Å². The number of carbonyl (C=O) groups is 1.